The van der Waals surface area contributed by atoms with E-state index in [-0.39, 0.29) is 25.1 Å². The van der Waals surface area contributed by atoms with Crippen molar-refractivity contribution in [3.05, 3.63) is 35.4 Å². The van der Waals surface area contributed by atoms with E-state index >= 15 is 0 Å². The summed E-state index contributed by atoms with van der Waals surface area (Å²) in [4.78, 5) is 49.3. The van der Waals surface area contributed by atoms with Gasteiger partial charge in [-0.3, -0.25) is 19.2 Å². The highest BCUT2D eigenvalue weighted by Gasteiger charge is 2.37. The Bertz CT molecular complexity index is 638. The maximum absolute atomic E-state index is 12.5. The van der Waals surface area contributed by atoms with E-state index in [9.17, 15) is 19.2 Å². The Hall–Kier alpha value is -2.70. The molecule has 0 spiro atoms. The summed E-state index contributed by atoms with van der Waals surface area (Å²) >= 11 is 0. The molecule has 1 aromatic carbocycles. The molecule has 1 saturated heterocycles. The van der Waals surface area contributed by atoms with E-state index in [0.717, 1.165) is 10.5 Å². The van der Waals surface area contributed by atoms with Crippen molar-refractivity contribution in [1.29, 1.82) is 0 Å². The Labute approximate surface area is 133 Å². The molecule has 1 N–H and O–H groups in total. The van der Waals surface area contributed by atoms with Gasteiger partial charge in [-0.1, -0.05) is 29.8 Å². The summed E-state index contributed by atoms with van der Waals surface area (Å²) in [6.45, 7) is 2.28. The smallest absolute Gasteiger partial charge is 0.308 e. The third-order valence-corrected chi connectivity index (χ3v) is 3.69. The predicted molar refractivity (Wildman–Crippen MR) is 80.7 cm³/mol. The first kappa shape index (κ1) is 16.7. The molecule has 0 unspecified atom stereocenters. The maximum Gasteiger partial charge on any atom is 0.308 e. The molecular formula is C16H18N2O5. The number of ether oxygens (including phenoxy) is 1. The van der Waals surface area contributed by atoms with Gasteiger partial charge in [0.1, 0.15) is 6.04 Å². The van der Waals surface area contributed by atoms with Crippen molar-refractivity contribution < 1.29 is 23.9 Å². The second-order valence-corrected chi connectivity index (χ2v) is 5.28. The SMILES string of the molecule is COC(=O)C[C@@H]1C(=O)NCCN1C(=O)C(=O)c1ccc(C)cc1. The van der Waals surface area contributed by atoms with Crippen LogP contribution in [0.1, 0.15) is 22.3 Å². The van der Waals surface area contributed by atoms with Crippen LogP contribution in [0.4, 0.5) is 0 Å². The molecule has 1 aliphatic heterocycles. The zero-order valence-corrected chi connectivity index (χ0v) is 13.0. The summed E-state index contributed by atoms with van der Waals surface area (Å²) < 4.78 is 4.55. The third kappa shape index (κ3) is 3.74. The first-order valence-electron chi connectivity index (χ1n) is 7.20. The maximum atomic E-state index is 12.5. The first-order chi connectivity index (χ1) is 10.9. The van der Waals surface area contributed by atoms with Gasteiger partial charge in [-0.25, -0.2) is 0 Å². The van der Waals surface area contributed by atoms with Crippen molar-refractivity contribution in [2.45, 2.75) is 19.4 Å². The number of methoxy groups -OCH3 is 1. The fourth-order valence-electron chi connectivity index (χ4n) is 2.36. The minimum atomic E-state index is -1.03. The number of hydrogen-bond acceptors (Lipinski definition) is 5. The van der Waals surface area contributed by atoms with Crippen LogP contribution >= 0.6 is 0 Å². The number of aryl methyl sites for hydroxylation is 1. The lowest BCUT2D eigenvalue weighted by molar-refractivity contribution is -0.148. The molecule has 0 bridgehead atoms. The third-order valence-electron chi connectivity index (χ3n) is 3.69. The van der Waals surface area contributed by atoms with Gasteiger partial charge in [-0.15, -0.1) is 0 Å². The number of ketones is 1. The van der Waals surface area contributed by atoms with Crippen molar-refractivity contribution in [3.8, 4) is 0 Å². The van der Waals surface area contributed by atoms with Gasteiger partial charge in [-0.05, 0) is 6.92 Å². The molecule has 7 heteroatoms. The summed E-state index contributed by atoms with van der Waals surface area (Å²) in [5.74, 6) is -2.58. The van der Waals surface area contributed by atoms with Gasteiger partial charge in [0.25, 0.3) is 5.91 Å². The molecule has 2 amide bonds. The lowest BCUT2D eigenvalue weighted by Crippen LogP contribution is -2.59. The lowest BCUT2D eigenvalue weighted by Gasteiger charge is -2.33. The summed E-state index contributed by atoms with van der Waals surface area (Å²) in [6, 6.07) is 5.56. The number of esters is 1. The van der Waals surface area contributed by atoms with E-state index in [1.54, 1.807) is 24.3 Å². The van der Waals surface area contributed by atoms with E-state index < -0.39 is 29.6 Å². The fourth-order valence-corrected chi connectivity index (χ4v) is 2.36. The topological polar surface area (TPSA) is 92.8 Å². The van der Waals surface area contributed by atoms with E-state index in [1.807, 2.05) is 6.92 Å². The zero-order chi connectivity index (χ0) is 17.0. The van der Waals surface area contributed by atoms with Crippen molar-refractivity contribution in [2.24, 2.45) is 0 Å². The molecule has 0 aromatic heterocycles. The van der Waals surface area contributed by atoms with Crippen LogP contribution in [0.25, 0.3) is 0 Å². The van der Waals surface area contributed by atoms with Crippen LogP contribution in [0.5, 0.6) is 0 Å². The van der Waals surface area contributed by atoms with Crippen LogP contribution in [-0.2, 0) is 19.1 Å². The molecule has 0 aliphatic carbocycles. The molecule has 122 valence electrons. The Kier molecular flexibility index (Phi) is 5.10. The highest BCUT2D eigenvalue weighted by Crippen LogP contribution is 2.13. The first-order valence-corrected chi connectivity index (χ1v) is 7.20. The summed E-state index contributed by atoms with van der Waals surface area (Å²) in [6.07, 6.45) is -0.282. The molecule has 7 nitrogen and oxygen atoms in total. The van der Waals surface area contributed by atoms with E-state index in [1.165, 1.54) is 7.11 Å². The van der Waals surface area contributed by atoms with Gasteiger partial charge in [0, 0.05) is 18.7 Å². The number of hydrogen-bond donors (Lipinski definition) is 1. The Morgan fingerprint density at radius 3 is 2.52 bits per heavy atom. The number of nitrogens with one attached hydrogen (secondary N) is 1. The largest absolute Gasteiger partial charge is 0.469 e. The minimum Gasteiger partial charge on any atom is -0.469 e. The number of rotatable bonds is 4. The average Bonchev–Trinajstić information content (AvgIpc) is 2.56. The number of piperazine rings is 1. The van der Waals surface area contributed by atoms with Gasteiger partial charge in [0.05, 0.1) is 13.5 Å². The van der Waals surface area contributed by atoms with Crippen LogP contribution in [0.15, 0.2) is 24.3 Å². The molecule has 1 aromatic rings. The summed E-state index contributed by atoms with van der Waals surface area (Å²) in [5, 5.41) is 2.58. The monoisotopic (exact) mass is 318 g/mol. The van der Waals surface area contributed by atoms with Crippen LogP contribution in [0.3, 0.4) is 0 Å². The molecule has 1 heterocycles. The quantitative estimate of drug-likeness (QED) is 0.482. The number of carbonyl (C=O) groups excluding carboxylic acids is 4. The van der Waals surface area contributed by atoms with Crippen LogP contribution < -0.4 is 5.32 Å². The van der Waals surface area contributed by atoms with Gasteiger partial charge < -0.3 is 15.0 Å². The van der Waals surface area contributed by atoms with E-state index in [4.69, 9.17) is 0 Å². The van der Waals surface area contributed by atoms with Gasteiger partial charge in [-0.2, -0.15) is 0 Å². The highest BCUT2D eigenvalue weighted by atomic mass is 16.5. The minimum absolute atomic E-state index is 0.170. The molecule has 1 aliphatic rings. The zero-order valence-electron chi connectivity index (χ0n) is 13.0. The fraction of sp³-hybridized carbons (Fsp3) is 0.375. The normalized spacial score (nSPS) is 17.4. The van der Waals surface area contributed by atoms with Gasteiger partial charge >= 0.3 is 5.97 Å². The number of nitrogens with zero attached hydrogens (tertiary/aromatic N) is 1. The second-order valence-electron chi connectivity index (χ2n) is 5.28. The van der Waals surface area contributed by atoms with Crippen molar-refractivity contribution >= 4 is 23.6 Å². The van der Waals surface area contributed by atoms with Crippen LogP contribution in [-0.4, -0.2) is 54.7 Å². The summed E-state index contributed by atoms with van der Waals surface area (Å²) in [7, 11) is 1.20. The van der Waals surface area contributed by atoms with E-state index in [2.05, 4.69) is 10.1 Å². The molecule has 23 heavy (non-hydrogen) atoms. The molecular weight excluding hydrogens is 300 g/mol. The van der Waals surface area contributed by atoms with Crippen LogP contribution in [0, 0.1) is 6.92 Å². The van der Waals surface area contributed by atoms with Crippen LogP contribution in [0.2, 0.25) is 0 Å². The molecule has 0 saturated carbocycles. The predicted octanol–water partition coefficient (Wildman–Crippen LogP) is 0.0678. The average molecular weight is 318 g/mol. The number of Topliss-reactive ketones (excluding diaryl/α,β-unsaturated/α-hetero) is 1. The van der Waals surface area contributed by atoms with Crippen molar-refractivity contribution in [3.63, 3.8) is 0 Å². The van der Waals surface area contributed by atoms with Gasteiger partial charge in [0.2, 0.25) is 11.7 Å². The molecule has 1 fully saturated rings. The van der Waals surface area contributed by atoms with Crippen molar-refractivity contribution in [1.82, 2.24) is 10.2 Å². The lowest BCUT2D eigenvalue weighted by atomic mass is 10.0. The summed E-state index contributed by atoms with van der Waals surface area (Å²) in [5.41, 5.74) is 1.22. The second kappa shape index (κ2) is 7.04. The Balaban J connectivity index is 2.20. The molecule has 1 atom stereocenters. The number of carbonyl (C=O) groups is 4. The number of benzene rings is 1. The van der Waals surface area contributed by atoms with Gasteiger partial charge in [0.15, 0.2) is 0 Å². The Morgan fingerprint density at radius 2 is 1.91 bits per heavy atom. The Morgan fingerprint density at radius 1 is 1.26 bits per heavy atom. The highest BCUT2D eigenvalue weighted by molar-refractivity contribution is 6.43. The number of amides is 2. The molecule has 2 rings (SSSR count). The van der Waals surface area contributed by atoms with E-state index in [0.29, 0.717) is 0 Å². The molecule has 0 radical (unpaired) electrons. The standard InChI is InChI=1S/C16H18N2O5/c1-10-3-5-11(6-4-10)14(20)16(22)18-8-7-17-15(21)12(18)9-13(19)23-2/h3-6,12H,7-9H2,1-2H3,(H,17,21)/t12-/m1/s1. The van der Waals surface area contributed by atoms with Crippen molar-refractivity contribution in [2.75, 3.05) is 20.2 Å².